The average molecular weight is 268 g/mol. The van der Waals surface area contributed by atoms with Crippen molar-refractivity contribution in [2.75, 3.05) is 6.54 Å². The van der Waals surface area contributed by atoms with E-state index in [0.717, 1.165) is 17.9 Å². The van der Waals surface area contributed by atoms with Crippen molar-refractivity contribution in [2.24, 2.45) is 11.8 Å². The topological polar surface area (TPSA) is 12.0 Å². The van der Waals surface area contributed by atoms with Crippen LogP contribution in [0.25, 0.3) is 0 Å². The van der Waals surface area contributed by atoms with Crippen LogP contribution >= 0.6 is 0 Å². The van der Waals surface area contributed by atoms with Crippen molar-refractivity contribution in [3.63, 3.8) is 0 Å². The summed E-state index contributed by atoms with van der Waals surface area (Å²) in [6.45, 7) is 8.18. The summed E-state index contributed by atoms with van der Waals surface area (Å²) in [5.41, 5.74) is 0. The minimum absolute atomic E-state index is 0.828. The van der Waals surface area contributed by atoms with E-state index >= 15 is 0 Å². The number of hydrogen-bond donors (Lipinski definition) is 1. The molecular formula is C18H37N. The van der Waals surface area contributed by atoms with Crippen LogP contribution in [0.5, 0.6) is 0 Å². The molecule has 0 aromatic rings. The van der Waals surface area contributed by atoms with Gasteiger partial charge in [0.2, 0.25) is 0 Å². The van der Waals surface area contributed by atoms with Crippen LogP contribution in [-0.4, -0.2) is 12.6 Å². The van der Waals surface area contributed by atoms with Crippen molar-refractivity contribution in [3.8, 4) is 0 Å². The maximum absolute atomic E-state index is 3.82. The maximum atomic E-state index is 3.82. The van der Waals surface area contributed by atoms with Crippen LogP contribution in [0, 0.1) is 11.8 Å². The summed E-state index contributed by atoms with van der Waals surface area (Å²) >= 11 is 0. The van der Waals surface area contributed by atoms with Gasteiger partial charge in [-0.15, -0.1) is 0 Å². The molecule has 0 heterocycles. The Morgan fingerprint density at radius 1 is 0.895 bits per heavy atom. The van der Waals surface area contributed by atoms with Crippen LogP contribution in [-0.2, 0) is 0 Å². The van der Waals surface area contributed by atoms with Gasteiger partial charge in [0.25, 0.3) is 0 Å². The molecule has 0 radical (unpaired) electrons. The molecule has 3 atom stereocenters. The summed E-state index contributed by atoms with van der Waals surface area (Å²) in [6, 6.07) is 0.828. The predicted octanol–water partition coefficient (Wildman–Crippen LogP) is 5.54. The summed E-state index contributed by atoms with van der Waals surface area (Å²) in [5.74, 6) is 1.98. The Morgan fingerprint density at radius 2 is 1.68 bits per heavy atom. The largest absolute Gasteiger partial charge is 0.314 e. The number of nitrogens with one attached hydrogen (secondary N) is 1. The predicted molar refractivity (Wildman–Crippen MR) is 86.6 cm³/mol. The Hall–Kier alpha value is -0.0400. The highest BCUT2D eigenvalue weighted by Gasteiger charge is 2.28. The molecule has 3 unspecified atom stereocenters. The number of rotatable bonds is 10. The van der Waals surface area contributed by atoms with E-state index in [1.807, 2.05) is 0 Å². The normalized spacial score (nSPS) is 27.6. The molecule has 0 saturated heterocycles. The molecule has 114 valence electrons. The zero-order valence-electron chi connectivity index (χ0n) is 13.7. The molecule has 1 aliphatic rings. The van der Waals surface area contributed by atoms with Crippen molar-refractivity contribution in [3.05, 3.63) is 0 Å². The summed E-state index contributed by atoms with van der Waals surface area (Å²) < 4.78 is 0. The Bertz CT molecular complexity index is 202. The lowest BCUT2D eigenvalue weighted by Crippen LogP contribution is -2.41. The molecule has 0 spiro atoms. The summed E-state index contributed by atoms with van der Waals surface area (Å²) in [5, 5.41) is 3.82. The van der Waals surface area contributed by atoms with E-state index in [4.69, 9.17) is 0 Å². The zero-order chi connectivity index (χ0) is 13.9. The van der Waals surface area contributed by atoms with Gasteiger partial charge >= 0.3 is 0 Å². The molecular weight excluding hydrogens is 230 g/mol. The van der Waals surface area contributed by atoms with Crippen LogP contribution in [0.3, 0.4) is 0 Å². The van der Waals surface area contributed by atoms with Crippen LogP contribution in [0.15, 0.2) is 0 Å². The second-order valence-electron chi connectivity index (χ2n) is 6.61. The van der Waals surface area contributed by atoms with Gasteiger partial charge in [-0.1, -0.05) is 59.3 Å². The van der Waals surface area contributed by atoms with Gasteiger partial charge in [-0.05, 0) is 50.5 Å². The maximum Gasteiger partial charge on any atom is 0.00955 e. The third-order valence-electron chi connectivity index (χ3n) is 5.00. The second kappa shape index (κ2) is 10.7. The van der Waals surface area contributed by atoms with Crippen LogP contribution in [0.4, 0.5) is 0 Å². The van der Waals surface area contributed by atoms with Crippen molar-refractivity contribution < 1.29 is 0 Å². The van der Waals surface area contributed by atoms with Crippen LogP contribution in [0.2, 0.25) is 0 Å². The fraction of sp³-hybridized carbons (Fsp3) is 1.00. The van der Waals surface area contributed by atoms with Gasteiger partial charge in [-0.25, -0.2) is 0 Å². The number of hydrogen-bond acceptors (Lipinski definition) is 1. The summed E-state index contributed by atoms with van der Waals surface area (Å²) in [7, 11) is 0. The molecule has 1 saturated carbocycles. The average Bonchev–Trinajstić information content (AvgIpc) is 2.45. The lowest BCUT2D eigenvalue weighted by atomic mass is 9.75. The molecule has 0 bridgehead atoms. The highest BCUT2D eigenvalue weighted by Crippen LogP contribution is 2.34. The molecule has 0 amide bonds. The number of unbranched alkanes of at least 4 members (excludes halogenated alkanes) is 4. The molecule has 0 aromatic carbocycles. The molecule has 1 rings (SSSR count). The molecule has 1 N–H and O–H groups in total. The first kappa shape index (κ1) is 17.0. The Labute approximate surface area is 121 Å². The smallest absolute Gasteiger partial charge is 0.00955 e. The van der Waals surface area contributed by atoms with Crippen LogP contribution < -0.4 is 5.32 Å². The van der Waals surface area contributed by atoms with Crippen molar-refractivity contribution >= 4 is 0 Å². The molecule has 1 heteroatoms. The van der Waals surface area contributed by atoms with E-state index in [9.17, 15) is 0 Å². The first-order valence-corrected chi connectivity index (χ1v) is 9.05. The third kappa shape index (κ3) is 6.79. The van der Waals surface area contributed by atoms with E-state index in [1.54, 1.807) is 0 Å². The molecule has 1 aliphatic carbocycles. The van der Waals surface area contributed by atoms with Gasteiger partial charge < -0.3 is 5.32 Å². The van der Waals surface area contributed by atoms with E-state index in [-0.39, 0.29) is 0 Å². The highest BCUT2D eigenvalue weighted by atomic mass is 14.9. The minimum atomic E-state index is 0.828. The van der Waals surface area contributed by atoms with E-state index in [2.05, 4.69) is 26.1 Å². The third-order valence-corrected chi connectivity index (χ3v) is 5.00. The van der Waals surface area contributed by atoms with Gasteiger partial charge in [-0.3, -0.25) is 0 Å². The van der Waals surface area contributed by atoms with E-state index < -0.39 is 0 Å². The van der Waals surface area contributed by atoms with Gasteiger partial charge in [0, 0.05) is 6.04 Å². The fourth-order valence-corrected chi connectivity index (χ4v) is 3.66. The van der Waals surface area contributed by atoms with E-state index in [1.165, 1.54) is 77.2 Å². The first-order chi connectivity index (χ1) is 9.31. The Balaban J connectivity index is 2.28. The Kier molecular flexibility index (Phi) is 9.59. The minimum Gasteiger partial charge on any atom is -0.314 e. The fourth-order valence-electron chi connectivity index (χ4n) is 3.66. The molecule has 1 nitrogen and oxygen atoms in total. The Morgan fingerprint density at radius 3 is 2.37 bits per heavy atom. The van der Waals surface area contributed by atoms with Gasteiger partial charge in [0.15, 0.2) is 0 Å². The van der Waals surface area contributed by atoms with Crippen molar-refractivity contribution in [1.82, 2.24) is 5.32 Å². The summed E-state index contributed by atoms with van der Waals surface area (Å²) in [4.78, 5) is 0. The SMILES string of the molecule is CCCCCCCC1CC(CC)CCC1NCCC. The van der Waals surface area contributed by atoms with Crippen LogP contribution in [0.1, 0.15) is 91.4 Å². The van der Waals surface area contributed by atoms with Gasteiger partial charge in [-0.2, -0.15) is 0 Å². The molecule has 0 aliphatic heterocycles. The molecule has 19 heavy (non-hydrogen) atoms. The highest BCUT2D eigenvalue weighted by molar-refractivity contribution is 4.84. The second-order valence-corrected chi connectivity index (χ2v) is 6.61. The van der Waals surface area contributed by atoms with Crippen molar-refractivity contribution in [1.29, 1.82) is 0 Å². The lowest BCUT2D eigenvalue weighted by Gasteiger charge is -2.37. The van der Waals surface area contributed by atoms with E-state index in [0.29, 0.717) is 0 Å². The standard InChI is InChI=1S/C18H37N/c1-4-7-8-9-10-11-17-15-16(6-3)12-13-18(17)19-14-5-2/h16-19H,4-15H2,1-3H3. The monoisotopic (exact) mass is 267 g/mol. The quantitative estimate of drug-likeness (QED) is 0.512. The van der Waals surface area contributed by atoms with Gasteiger partial charge in [0.05, 0.1) is 0 Å². The molecule has 1 fully saturated rings. The zero-order valence-corrected chi connectivity index (χ0v) is 13.7. The van der Waals surface area contributed by atoms with Gasteiger partial charge in [0.1, 0.15) is 0 Å². The van der Waals surface area contributed by atoms with Crippen molar-refractivity contribution in [2.45, 2.75) is 97.4 Å². The summed E-state index contributed by atoms with van der Waals surface area (Å²) in [6.07, 6.45) is 15.7. The lowest BCUT2D eigenvalue weighted by molar-refractivity contribution is 0.186. The molecule has 0 aromatic heterocycles. The first-order valence-electron chi connectivity index (χ1n) is 9.05.